The lowest BCUT2D eigenvalue weighted by atomic mass is 9.82. The maximum absolute atomic E-state index is 3.95. The molecule has 1 N–H and O–H groups in total. The molecule has 2 aliphatic rings. The van der Waals surface area contributed by atoms with E-state index in [-0.39, 0.29) is 0 Å². The quantitative estimate of drug-likeness (QED) is 0.793. The summed E-state index contributed by atoms with van der Waals surface area (Å²) < 4.78 is 0. The van der Waals surface area contributed by atoms with E-state index in [9.17, 15) is 0 Å². The van der Waals surface area contributed by atoms with Crippen LogP contribution in [0, 0.1) is 5.92 Å². The van der Waals surface area contributed by atoms with E-state index in [0.717, 1.165) is 18.0 Å². The molecule has 0 aromatic rings. The van der Waals surface area contributed by atoms with Gasteiger partial charge in [-0.2, -0.15) is 0 Å². The van der Waals surface area contributed by atoms with Gasteiger partial charge in [-0.1, -0.05) is 26.2 Å². The summed E-state index contributed by atoms with van der Waals surface area (Å²) >= 11 is 0. The molecule has 1 heterocycles. The van der Waals surface area contributed by atoms with Gasteiger partial charge in [0.05, 0.1) is 0 Å². The molecule has 16 heavy (non-hydrogen) atoms. The Morgan fingerprint density at radius 3 is 2.69 bits per heavy atom. The van der Waals surface area contributed by atoms with Crippen LogP contribution in [0.1, 0.15) is 51.9 Å². The standard InChI is InChI=1S/C14H28N2/c1-3-12-7-4-5-9-14(12)15-13-8-6-10-16(2)11-13/h12-15H,3-11H2,1-2H3. The minimum atomic E-state index is 0.760. The zero-order chi connectivity index (χ0) is 11.4. The monoisotopic (exact) mass is 224 g/mol. The maximum Gasteiger partial charge on any atom is 0.0198 e. The number of hydrogen-bond donors (Lipinski definition) is 1. The van der Waals surface area contributed by atoms with Crippen molar-refractivity contribution in [3.8, 4) is 0 Å². The fourth-order valence-corrected chi connectivity index (χ4v) is 3.52. The van der Waals surface area contributed by atoms with E-state index in [1.54, 1.807) is 0 Å². The number of rotatable bonds is 3. The molecule has 0 bridgehead atoms. The summed E-state index contributed by atoms with van der Waals surface area (Å²) in [5.41, 5.74) is 0. The molecular formula is C14H28N2. The molecule has 3 unspecified atom stereocenters. The molecular weight excluding hydrogens is 196 g/mol. The summed E-state index contributed by atoms with van der Waals surface area (Å²) in [5, 5.41) is 3.95. The van der Waals surface area contributed by atoms with E-state index in [0.29, 0.717) is 0 Å². The highest BCUT2D eigenvalue weighted by molar-refractivity contribution is 4.85. The number of piperidine rings is 1. The Labute approximate surface area is 101 Å². The van der Waals surface area contributed by atoms with Crippen LogP contribution >= 0.6 is 0 Å². The molecule has 1 saturated carbocycles. The molecule has 0 spiro atoms. The van der Waals surface area contributed by atoms with Gasteiger partial charge in [0, 0.05) is 18.6 Å². The van der Waals surface area contributed by atoms with Crippen molar-refractivity contribution < 1.29 is 0 Å². The first kappa shape index (κ1) is 12.4. The smallest absolute Gasteiger partial charge is 0.0198 e. The van der Waals surface area contributed by atoms with Gasteiger partial charge in [-0.25, -0.2) is 0 Å². The zero-order valence-electron chi connectivity index (χ0n) is 11.0. The third kappa shape index (κ3) is 3.21. The molecule has 0 radical (unpaired) electrons. The van der Waals surface area contributed by atoms with Gasteiger partial charge in [-0.15, -0.1) is 0 Å². The number of likely N-dealkylation sites (tertiary alicyclic amines) is 1. The Balaban J connectivity index is 1.82. The van der Waals surface area contributed by atoms with Gasteiger partial charge in [0.25, 0.3) is 0 Å². The maximum atomic E-state index is 3.95. The highest BCUT2D eigenvalue weighted by Gasteiger charge is 2.27. The second-order valence-electron chi connectivity index (χ2n) is 5.83. The summed E-state index contributed by atoms with van der Waals surface area (Å²) in [5.74, 6) is 0.945. The average molecular weight is 224 g/mol. The Morgan fingerprint density at radius 1 is 1.12 bits per heavy atom. The molecule has 1 aliphatic carbocycles. The first-order valence-electron chi connectivity index (χ1n) is 7.24. The third-order valence-electron chi connectivity index (χ3n) is 4.51. The van der Waals surface area contributed by atoms with Crippen molar-refractivity contribution in [2.45, 2.75) is 64.0 Å². The van der Waals surface area contributed by atoms with Crippen molar-refractivity contribution in [2.75, 3.05) is 20.1 Å². The van der Waals surface area contributed by atoms with E-state index in [2.05, 4.69) is 24.2 Å². The molecule has 2 rings (SSSR count). The van der Waals surface area contributed by atoms with Crippen LogP contribution in [0.25, 0.3) is 0 Å². The fourth-order valence-electron chi connectivity index (χ4n) is 3.52. The predicted molar refractivity (Wildman–Crippen MR) is 69.7 cm³/mol. The van der Waals surface area contributed by atoms with Gasteiger partial charge >= 0.3 is 0 Å². The second kappa shape index (κ2) is 6.02. The molecule has 3 atom stereocenters. The SMILES string of the molecule is CCC1CCCCC1NC1CCCN(C)C1. The van der Waals surface area contributed by atoms with Gasteiger partial charge in [0.2, 0.25) is 0 Å². The lowest BCUT2D eigenvalue weighted by Gasteiger charge is -2.38. The van der Waals surface area contributed by atoms with E-state index < -0.39 is 0 Å². The van der Waals surface area contributed by atoms with Crippen LogP contribution in [0.4, 0.5) is 0 Å². The lowest BCUT2D eigenvalue weighted by molar-refractivity contribution is 0.177. The summed E-state index contributed by atoms with van der Waals surface area (Å²) in [6, 6.07) is 1.58. The number of likely N-dealkylation sites (N-methyl/N-ethyl adjacent to an activating group) is 1. The molecule has 2 heteroatoms. The minimum absolute atomic E-state index is 0.760. The van der Waals surface area contributed by atoms with Crippen molar-refractivity contribution in [2.24, 2.45) is 5.92 Å². The fraction of sp³-hybridized carbons (Fsp3) is 1.00. The van der Waals surface area contributed by atoms with Crippen LogP contribution in [0.2, 0.25) is 0 Å². The highest BCUT2D eigenvalue weighted by atomic mass is 15.1. The normalized spacial score (nSPS) is 37.5. The van der Waals surface area contributed by atoms with Crippen molar-refractivity contribution >= 4 is 0 Å². The zero-order valence-corrected chi connectivity index (χ0v) is 11.0. The molecule has 2 nitrogen and oxygen atoms in total. The topological polar surface area (TPSA) is 15.3 Å². The molecule has 0 aromatic carbocycles. The Morgan fingerprint density at radius 2 is 1.94 bits per heavy atom. The molecule has 0 amide bonds. The van der Waals surface area contributed by atoms with Crippen molar-refractivity contribution in [1.82, 2.24) is 10.2 Å². The number of nitrogens with zero attached hydrogens (tertiary/aromatic N) is 1. The predicted octanol–water partition coefficient (Wildman–Crippen LogP) is 2.64. The van der Waals surface area contributed by atoms with Crippen LogP contribution in [0.15, 0.2) is 0 Å². The number of nitrogens with one attached hydrogen (secondary N) is 1. The van der Waals surface area contributed by atoms with Gasteiger partial charge in [-0.3, -0.25) is 0 Å². The van der Waals surface area contributed by atoms with E-state index in [1.807, 2.05) is 0 Å². The molecule has 1 saturated heterocycles. The largest absolute Gasteiger partial charge is 0.310 e. The number of hydrogen-bond acceptors (Lipinski definition) is 2. The molecule has 94 valence electrons. The van der Waals surface area contributed by atoms with Crippen LogP contribution < -0.4 is 5.32 Å². The third-order valence-corrected chi connectivity index (χ3v) is 4.51. The Kier molecular flexibility index (Phi) is 4.66. The first-order valence-corrected chi connectivity index (χ1v) is 7.24. The lowest BCUT2D eigenvalue weighted by Crippen LogP contribution is -2.50. The Bertz CT molecular complexity index is 205. The van der Waals surface area contributed by atoms with Gasteiger partial charge < -0.3 is 10.2 Å². The van der Waals surface area contributed by atoms with Gasteiger partial charge in [-0.05, 0) is 45.2 Å². The van der Waals surface area contributed by atoms with Crippen LogP contribution in [0.3, 0.4) is 0 Å². The second-order valence-corrected chi connectivity index (χ2v) is 5.83. The molecule has 2 fully saturated rings. The van der Waals surface area contributed by atoms with Gasteiger partial charge in [0.1, 0.15) is 0 Å². The van der Waals surface area contributed by atoms with E-state index in [4.69, 9.17) is 0 Å². The molecule has 0 aromatic heterocycles. The summed E-state index contributed by atoms with van der Waals surface area (Å²) in [6.07, 6.45) is 9.89. The van der Waals surface area contributed by atoms with Crippen LogP contribution in [-0.2, 0) is 0 Å². The van der Waals surface area contributed by atoms with Gasteiger partial charge in [0.15, 0.2) is 0 Å². The average Bonchev–Trinajstić information content (AvgIpc) is 2.30. The van der Waals surface area contributed by atoms with Crippen molar-refractivity contribution in [1.29, 1.82) is 0 Å². The van der Waals surface area contributed by atoms with Crippen molar-refractivity contribution in [3.63, 3.8) is 0 Å². The summed E-state index contributed by atoms with van der Waals surface area (Å²) in [6.45, 7) is 4.91. The Hall–Kier alpha value is -0.0800. The first-order chi connectivity index (χ1) is 7.79. The van der Waals surface area contributed by atoms with E-state index in [1.165, 1.54) is 58.0 Å². The summed E-state index contributed by atoms with van der Waals surface area (Å²) in [7, 11) is 2.26. The van der Waals surface area contributed by atoms with Crippen LogP contribution in [0.5, 0.6) is 0 Å². The highest BCUT2D eigenvalue weighted by Crippen LogP contribution is 2.27. The minimum Gasteiger partial charge on any atom is -0.310 e. The van der Waals surface area contributed by atoms with Crippen LogP contribution in [-0.4, -0.2) is 37.1 Å². The summed E-state index contributed by atoms with van der Waals surface area (Å²) in [4.78, 5) is 2.48. The molecule has 1 aliphatic heterocycles. The van der Waals surface area contributed by atoms with Crippen molar-refractivity contribution in [3.05, 3.63) is 0 Å². The van der Waals surface area contributed by atoms with E-state index >= 15 is 0 Å².